The van der Waals surface area contributed by atoms with E-state index in [1.807, 2.05) is 23.6 Å². The standard InChI is InChI=1S/C21H19N3O3S/c1-21(15-8-7-13-4-2-5-14(13)10-15)19(25)24(20(26)23-21)11-16-12-27-18(22-16)17-6-3-9-28-17/h3,6-10,12H,2,4-5,11H2,1H3,(H,23,26)/t21-/m0/s1. The second kappa shape index (κ2) is 6.31. The van der Waals surface area contributed by atoms with Crippen molar-refractivity contribution in [3.8, 4) is 10.8 Å². The largest absolute Gasteiger partial charge is 0.443 e. The minimum atomic E-state index is -1.06. The molecule has 1 saturated heterocycles. The van der Waals surface area contributed by atoms with Gasteiger partial charge in [-0.05, 0) is 54.3 Å². The predicted octanol–water partition coefficient (Wildman–Crippen LogP) is 3.86. The van der Waals surface area contributed by atoms with E-state index >= 15 is 0 Å². The number of nitrogens with zero attached hydrogens (tertiary/aromatic N) is 2. The quantitative estimate of drug-likeness (QED) is 0.683. The number of amides is 3. The summed E-state index contributed by atoms with van der Waals surface area (Å²) in [6.07, 6.45) is 4.74. The van der Waals surface area contributed by atoms with Crippen molar-refractivity contribution in [2.24, 2.45) is 0 Å². The summed E-state index contributed by atoms with van der Waals surface area (Å²) < 4.78 is 5.51. The van der Waals surface area contributed by atoms with Crippen LogP contribution in [0.3, 0.4) is 0 Å². The molecule has 1 aliphatic carbocycles. The van der Waals surface area contributed by atoms with Crippen molar-refractivity contribution in [3.05, 3.63) is 64.4 Å². The summed E-state index contributed by atoms with van der Waals surface area (Å²) in [6, 6.07) is 9.53. The fourth-order valence-electron chi connectivity index (χ4n) is 3.97. The SMILES string of the molecule is C[C@@]1(c2ccc3c(c2)CCC3)NC(=O)N(Cc2coc(-c3cccs3)n2)C1=O. The second-order valence-corrected chi connectivity index (χ2v) is 8.35. The lowest BCUT2D eigenvalue weighted by Gasteiger charge is -2.23. The number of benzene rings is 1. The van der Waals surface area contributed by atoms with Crippen molar-refractivity contribution < 1.29 is 14.0 Å². The van der Waals surface area contributed by atoms with Crippen LogP contribution < -0.4 is 5.32 Å². The first-order valence-electron chi connectivity index (χ1n) is 9.29. The number of urea groups is 1. The van der Waals surface area contributed by atoms with E-state index in [0.29, 0.717) is 11.6 Å². The average Bonchev–Trinajstić information content (AvgIpc) is 3.47. The second-order valence-electron chi connectivity index (χ2n) is 7.40. The Morgan fingerprint density at radius 3 is 2.93 bits per heavy atom. The average molecular weight is 393 g/mol. The van der Waals surface area contributed by atoms with Crippen molar-refractivity contribution >= 4 is 23.3 Å². The van der Waals surface area contributed by atoms with Gasteiger partial charge in [0.1, 0.15) is 11.8 Å². The molecule has 2 aromatic heterocycles. The molecule has 0 bridgehead atoms. The molecule has 0 radical (unpaired) electrons. The van der Waals surface area contributed by atoms with Gasteiger partial charge >= 0.3 is 6.03 Å². The summed E-state index contributed by atoms with van der Waals surface area (Å²) in [4.78, 5) is 32.3. The zero-order chi connectivity index (χ0) is 19.3. The van der Waals surface area contributed by atoms with Crippen molar-refractivity contribution in [2.75, 3.05) is 0 Å². The Bertz CT molecular complexity index is 1070. The van der Waals surface area contributed by atoms with E-state index in [-0.39, 0.29) is 12.5 Å². The molecular formula is C21H19N3O3S. The number of imide groups is 1. The molecule has 0 unspecified atom stereocenters. The Morgan fingerprint density at radius 2 is 2.11 bits per heavy atom. The van der Waals surface area contributed by atoms with E-state index in [1.54, 1.807) is 6.92 Å². The topological polar surface area (TPSA) is 75.4 Å². The highest BCUT2D eigenvalue weighted by Crippen LogP contribution is 2.33. The molecule has 2 aliphatic rings. The highest BCUT2D eigenvalue weighted by molar-refractivity contribution is 7.13. The first-order valence-corrected chi connectivity index (χ1v) is 10.2. The molecule has 7 heteroatoms. The molecule has 142 valence electrons. The number of carbonyl (C=O) groups excluding carboxylic acids is 2. The van der Waals surface area contributed by atoms with E-state index in [9.17, 15) is 9.59 Å². The maximum absolute atomic E-state index is 13.2. The first-order chi connectivity index (χ1) is 13.5. The molecule has 3 aromatic rings. The van der Waals surface area contributed by atoms with Gasteiger partial charge in [-0.1, -0.05) is 24.3 Å². The molecule has 1 aliphatic heterocycles. The van der Waals surface area contributed by atoms with E-state index in [2.05, 4.69) is 22.4 Å². The van der Waals surface area contributed by atoms with Crippen LogP contribution in [0.1, 0.15) is 35.7 Å². The zero-order valence-corrected chi connectivity index (χ0v) is 16.2. The van der Waals surface area contributed by atoms with Crippen LogP contribution in [0, 0.1) is 0 Å². The number of hydrogen-bond donors (Lipinski definition) is 1. The third-order valence-electron chi connectivity index (χ3n) is 5.55. The van der Waals surface area contributed by atoms with Crippen molar-refractivity contribution in [2.45, 2.75) is 38.3 Å². The van der Waals surface area contributed by atoms with Crippen molar-refractivity contribution in [1.82, 2.24) is 15.2 Å². The summed E-state index contributed by atoms with van der Waals surface area (Å²) in [5, 5.41) is 4.82. The minimum absolute atomic E-state index is 0.0834. The molecule has 1 atom stereocenters. The van der Waals surface area contributed by atoms with Gasteiger partial charge in [0.05, 0.1) is 17.1 Å². The van der Waals surface area contributed by atoms with Gasteiger partial charge in [0.25, 0.3) is 5.91 Å². The monoisotopic (exact) mass is 393 g/mol. The van der Waals surface area contributed by atoms with Crippen LogP contribution in [-0.4, -0.2) is 21.8 Å². The normalized spacial score (nSPS) is 21.2. The molecule has 1 fully saturated rings. The van der Waals surface area contributed by atoms with E-state index < -0.39 is 11.6 Å². The Morgan fingerprint density at radius 1 is 1.25 bits per heavy atom. The lowest BCUT2D eigenvalue weighted by molar-refractivity contribution is -0.131. The first kappa shape index (κ1) is 17.2. The van der Waals surface area contributed by atoms with Gasteiger partial charge in [-0.2, -0.15) is 0 Å². The Hall–Kier alpha value is -2.93. The lowest BCUT2D eigenvalue weighted by atomic mass is 9.89. The van der Waals surface area contributed by atoms with Crippen LogP contribution >= 0.6 is 11.3 Å². The Kier molecular flexibility index (Phi) is 3.87. The Labute approximate surface area is 166 Å². The van der Waals surface area contributed by atoms with Crippen LogP contribution in [0.25, 0.3) is 10.8 Å². The molecule has 6 nitrogen and oxygen atoms in total. The van der Waals surface area contributed by atoms with Gasteiger partial charge in [-0.15, -0.1) is 11.3 Å². The molecule has 3 heterocycles. The highest BCUT2D eigenvalue weighted by Gasteiger charge is 2.49. The molecule has 3 amide bonds. The van der Waals surface area contributed by atoms with Crippen molar-refractivity contribution in [1.29, 1.82) is 0 Å². The molecule has 1 aromatic carbocycles. The van der Waals surface area contributed by atoms with Crippen LogP contribution in [0.2, 0.25) is 0 Å². The van der Waals surface area contributed by atoms with E-state index in [1.165, 1.54) is 33.6 Å². The van der Waals surface area contributed by atoms with Crippen molar-refractivity contribution in [3.63, 3.8) is 0 Å². The zero-order valence-electron chi connectivity index (χ0n) is 15.4. The van der Waals surface area contributed by atoms with Crippen LogP contribution in [0.4, 0.5) is 4.79 Å². The van der Waals surface area contributed by atoms with Crippen LogP contribution in [0.15, 0.2) is 46.4 Å². The third-order valence-corrected chi connectivity index (χ3v) is 6.41. The number of nitrogens with one attached hydrogen (secondary N) is 1. The fraction of sp³-hybridized carbons (Fsp3) is 0.286. The summed E-state index contributed by atoms with van der Waals surface area (Å²) in [5.41, 5.74) is 2.93. The van der Waals surface area contributed by atoms with Crippen LogP contribution in [0.5, 0.6) is 0 Å². The summed E-state index contributed by atoms with van der Waals surface area (Å²) >= 11 is 1.52. The predicted molar refractivity (Wildman–Crippen MR) is 105 cm³/mol. The summed E-state index contributed by atoms with van der Waals surface area (Å²) in [7, 11) is 0. The number of aromatic nitrogens is 1. The lowest BCUT2D eigenvalue weighted by Crippen LogP contribution is -2.41. The summed E-state index contributed by atoms with van der Waals surface area (Å²) in [5.74, 6) is 0.231. The van der Waals surface area contributed by atoms with Gasteiger partial charge < -0.3 is 9.73 Å². The molecule has 0 saturated carbocycles. The Balaban J connectivity index is 1.40. The number of fused-ring (bicyclic) bond motifs is 1. The van der Waals surface area contributed by atoms with Crippen LogP contribution in [-0.2, 0) is 29.7 Å². The van der Waals surface area contributed by atoms with Gasteiger partial charge in [0.15, 0.2) is 0 Å². The van der Waals surface area contributed by atoms with Gasteiger partial charge in [-0.3, -0.25) is 9.69 Å². The van der Waals surface area contributed by atoms with Gasteiger partial charge in [-0.25, -0.2) is 9.78 Å². The third kappa shape index (κ3) is 2.65. The molecule has 5 rings (SSSR count). The number of carbonyl (C=O) groups is 2. The molecular weight excluding hydrogens is 374 g/mol. The number of aryl methyl sites for hydroxylation is 2. The fourth-order valence-corrected chi connectivity index (χ4v) is 4.63. The summed E-state index contributed by atoms with van der Waals surface area (Å²) in [6.45, 7) is 1.85. The number of rotatable bonds is 4. The minimum Gasteiger partial charge on any atom is -0.443 e. The maximum Gasteiger partial charge on any atom is 0.325 e. The number of oxazole rings is 1. The number of hydrogen-bond acceptors (Lipinski definition) is 5. The smallest absolute Gasteiger partial charge is 0.325 e. The highest BCUT2D eigenvalue weighted by atomic mass is 32.1. The van der Waals surface area contributed by atoms with Gasteiger partial charge in [0, 0.05) is 0 Å². The maximum atomic E-state index is 13.2. The van der Waals surface area contributed by atoms with Gasteiger partial charge in [0.2, 0.25) is 5.89 Å². The number of thiophene rings is 1. The van der Waals surface area contributed by atoms with E-state index in [4.69, 9.17) is 4.42 Å². The molecule has 0 spiro atoms. The van der Waals surface area contributed by atoms with E-state index in [0.717, 1.165) is 29.7 Å². The molecule has 1 N–H and O–H groups in total. The molecule has 28 heavy (non-hydrogen) atoms.